The van der Waals surface area contributed by atoms with Crippen molar-refractivity contribution in [2.24, 2.45) is 11.1 Å². The van der Waals surface area contributed by atoms with Crippen LogP contribution in [-0.2, 0) is 11.0 Å². The molecule has 1 atom stereocenters. The van der Waals surface area contributed by atoms with Crippen molar-refractivity contribution in [1.29, 1.82) is 0 Å². The summed E-state index contributed by atoms with van der Waals surface area (Å²) in [5.41, 5.74) is 0. The molecular weight excluding hydrogens is 158 g/mol. The Morgan fingerprint density at radius 3 is 2.45 bits per heavy atom. The summed E-state index contributed by atoms with van der Waals surface area (Å²) in [4.78, 5) is 0. The molecule has 0 aliphatic heterocycles. The molecule has 1 aliphatic rings. The maximum absolute atomic E-state index is 10.6. The summed E-state index contributed by atoms with van der Waals surface area (Å²) >= 11 is 0. The fraction of sp³-hybridized carbons (Fsp3) is 1.00. The van der Waals surface area contributed by atoms with Crippen molar-refractivity contribution in [2.45, 2.75) is 38.5 Å². The Morgan fingerprint density at radius 1 is 1.27 bits per heavy atom. The topological polar surface area (TPSA) is 43.1 Å². The van der Waals surface area contributed by atoms with Gasteiger partial charge in [-0.2, -0.15) is 0 Å². The Bertz CT molecular complexity index is 132. The van der Waals surface area contributed by atoms with Crippen LogP contribution >= 0.6 is 0 Å². The third-order valence-electron chi connectivity index (χ3n) is 2.45. The largest absolute Gasteiger partial charge is 0.252 e. The van der Waals surface area contributed by atoms with Crippen molar-refractivity contribution < 1.29 is 4.21 Å². The van der Waals surface area contributed by atoms with Gasteiger partial charge in [-0.3, -0.25) is 5.14 Å². The molecule has 0 saturated heterocycles. The van der Waals surface area contributed by atoms with E-state index in [9.17, 15) is 4.21 Å². The summed E-state index contributed by atoms with van der Waals surface area (Å²) in [5.74, 6) is 1.52. The Kier molecular flexibility index (Phi) is 4.08. The van der Waals surface area contributed by atoms with Crippen LogP contribution in [0.3, 0.4) is 0 Å². The lowest BCUT2D eigenvalue weighted by atomic mass is 9.88. The van der Waals surface area contributed by atoms with Gasteiger partial charge in [0.05, 0.1) is 11.0 Å². The van der Waals surface area contributed by atoms with Gasteiger partial charge in [-0.05, 0) is 12.3 Å². The molecule has 11 heavy (non-hydrogen) atoms. The van der Waals surface area contributed by atoms with Gasteiger partial charge in [0.2, 0.25) is 0 Å². The van der Waals surface area contributed by atoms with Crippen molar-refractivity contribution in [3.63, 3.8) is 0 Å². The molecule has 0 bridgehead atoms. The lowest BCUT2D eigenvalue weighted by molar-refractivity contribution is 0.351. The van der Waals surface area contributed by atoms with Crippen molar-refractivity contribution in [3.8, 4) is 0 Å². The van der Waals surface area contributed by atoms with Crippen LogP contribution in [0.1, 0.15) is 38.5 Å². The van der Waals surface area contributed by atoms with Gasteiger partial charge in [-0.1, -0.05) is 32.1 Å². The minimum Gasteiger partial charge on any atom is -0.252 e. The standard InChI is InChI=1S/C8H17NOS/c9-11(10)7-6-8-4-2-1-3-5-8/h8H,1-7,9H2. The minimum atomic E-state index is -1.07. The molecule has 1 saturated carbocycles. The molecule has 0 aromatic heterocycles. The fourth-order valence-electron chi connectivity index (χ4n) is 1.76. The molecule has 1 aliphatic carbocycles. The van der Waals surface area contributed by atoms with Crippen LogP contribution in [0.4, 0.5) is 0 Å². The average Bonchev–Trinajstić information content (AvgIpc) is 2.03. The van der Waals surface area contributed by atoms with E-state index in [0.717, 1.165) is 12.3 Å². The van der Waals surface area contributed by atoms with Crippen LogP contribution in [0.2, 0.25) is 0 Å². The van der Waals surface area contributed by atoms with Crippen molar-refractivity contribution in [1.82, 2.24) is 0 Å². The molecule has 3 heteroatoms. The highest BCUT2D eigenvalue weighted by Crippen LogP contribution is 2.25. The summed E-state index contributed by atoms with van der Waals surface area (Å²) in [5, 5.41) is 5.18. The molecule has 1 unspecified atom stereocenters. The second-order valence-electron chi connectivity index (χ2n) is 3.38. The highest BCUT2D eigenvalue weighted by molar-refractivity contribution is 7.82. The van der Waals surface area contributed by atoms with Crippen molar-refractivity contribution in [3.05, 3.63) is 0 Å². The van der Waals surface area contributed by atoms with Crippen LogP contribution < -0.4 is 5.14 Å². The zero-order valence-corrected chi connectivity index (χ0v) is 7.74. The van der Waals surface area contributed by atoms with Gasteiger partial charge in [0.15, 0.2) is 0 Å². The Labute approximate surface area is 71.1 Å². The Hall–Kier alpha value is 0.110. The lowest BCUT2D eigenvalue weighted by Crippen LogP contribution is -2.14. The van der Waals surface area contributed by atoms with Gasteiger partial charge in [-0.25, -0.2) is 4.21 Å². The first-order valence-electron chi connectivity index (χ1n) is 4.42. The third kappa shape index (κ3) is 3.87. The van der Waals surface area contributed by atoms with Crippen LogP contribution in [-0.4, -0.2) is 9.96 Å². The molecule has 0 spiro atoms. The zero-order chi connectivity index (χ0) is 8.10. The van der Waals surface area contributed by atoms with E-state index in [1.807, 2.05) is 0 Å². The molecule has 1 rings (SSSR count). The van der Waals surface area contributed by atoms with E-state index in [1.165, 1.54) is 32.1 Å². The number of rotatable bonds is 3. The normalized spacial score (nSPS) is 23.4. The number of hydrogen-bond donors (Lipinski definition) is 1. The summed E-state index contributed by atoms with van der Waals surface area (Å²) in [7, 11) is -1.07. The first-order valence-corrected chi connectivity index (χ1v) is 5.80. The zero-order valence-electron chi connectivity index (χ0n) is 6.92. The SMILES string of the molecule is NS(=O)CCC1CCCCC1. The van der Waals surface area contributed by atoms with E-state index in [4.69, 9.17) is 5.14 Å². The van der Waals surface area contributed by atoms with Crippen molar-refractivity contribution in [2.75, 3.05) is 5.75 Å². The Balaban J connectivity index is 2.09. The molecule has 66 valence electrons. The third-order valence-corrected chi connectivity index (χ3v) is 3.09. The van der Waals surface area contributed by atoms with Gasteiger partial charge in [-0.15, -0.1) is 0 Å². The van der Waals surface area contributed by atoms with Gasteiger partial charge in [0, 0.05) is 5.75 Å². The van der Waals surface area contributed by atoms with Gasteiger partial charge < -0.3 is 0 Å². The van der Waals surface area contributed by atoms with E-state index in [-0.39, 0.29) is 0 Å². The lowest BCUT2D eigenvalue weighted by Gasteiger charge is -2.20. The summed E-state index contributed by atoms with van der Waals surface area (Å²) in [6, 6.07) is 0. The summed E-state index contributed by atoms with van der Waals surface area (Å²) in [6.07, 6.45) is 7.85. The maximum atomic E-state index is 10.6. The molecule has 0 aromatic carbocycles. The van der Waals surface area contributed by atoms with E-state index >= 15 is 0 Å². The van der Waals surface area contributed by atoms with Crippen LogP contribution in [0.25, 0.3) is 0 Å². The molecule has 0 radical (unpaired) electrons. The molecule has 0 heterocycles. The van der Waals surface area contributed by atoms with E-state index in [1.54, 1.807) is 0 Å². The molecule has 2 N–H and O–H groups in total. The van der Waals surface area contributed by atoms with Gasteiger partial charge in [0.1, 0.15) is 0 Å². The number of nitrogens with two attached hydrogens (primary N) is 1. The fourth-order valence-corrected chi connectivity index (χ4v) is 2.32. The van der Waals surface area contributed by atoms with Crippen LogP contribution in [0, 0.1) is 5.92 Å². The van der Waals surface area contributed by atoms with Crippen molar-refractivity contribution >= 4 is 11.0 Å². The highest BCUT2D eigenvalue weighted by Gasteiger charge is 2.13. The molecular formula is C8H17NOS. The van der Waals surface area contributed by atoms with Crippen LogP contribution in [0.5, 0.6) is 0 Å². The molecule has 0 amide bonds. The highest BCUT2D eigenvalue weighted by atomic mass is 32.2. The van der Waals surface area contributed by atoms with E-state index in [0.29, 0.717) is 5.75 Å². The molecule has 1 fully saturated rings. The quantitative estimate of drug-likeness (QED) is 0.695. The summed E-state index contributed by atoms with van der Waals surface area (Å²) in [6.45, 7) is 0. The van der Waals surface area contributed by atoms with Gasteiger partial charge in [0.25, 0.3) is 0 Å². The molecule has 0 aromatic rings. The van der Waals surface area contributed by atoms with E-state index < -0.39 is 11.0 Å². The second-order valence-corrected chi connectivity index (χ2v) is 4.55. The Morgan fingerprint density at radius 2 is 1.91 bits per heavy atom. The van der Waals surface area contributed by atoms with Gasteiger partial charge >= 0.3 is 0 Å². The predicted molar refractivity (Wildman–Crippen MR) is 48.4 cm³/mol. The monoisotopic (exact) mass is 175 g/mol. The maximum Gasteiger partial charge on any atom is 0.0888 e. The average molecular weight is 175 g/mol. The first-order chi connectivity index (χ1) is 5.29. The first kappa shape index (κ1) is 9.20. The molecule has 2 nitrogen and oxygen atoms in total. The summed E-state index contributed by atoms with van der Waals surface area (Å²) < 4.78 is 10.6. The second kappa shape index (κ2) is 4.88. The predicted octanol–water partition coefficient (Wildman–Crippen LogP) is 1.58. The number of hydrogen-bond acceptors (Lipinski definition) is 1. The van der Waals surface area contributed by atoms with E-state index in [2.05, 4.69) is 0 Å². The smallest absolute Gasteiger partial charge is 0.0888 e. The van der Waals surface area contributed by atoms with Crippen LogP contribution in [0.15, 0.2) is 0 Å². The minimum absolute atomic E-state index is 0.699.